The van der Waals surface area contributed by atoms with E-state index in [4.69, 9.17) is 4.74 Å². The Labute approximate surface area is 211 Å². The second kappa shape index (κ2) is 8.91. The second-order valence-corrected chi connectivity index (χ2v) is 11.2. The third-order valence-corrected chi connectivity index (χ3v) is 8.47. The van der Waals surface area contributed by atoms with E-state index in [9.17, 15) is 29.0 Å². The molecule has 36 heavy (non-hydrogen) atoms. The number of carbonyl (C=O) groups excluding carboxylic acids is 2. The van der Waals surface area contributed by atoms with E-state index >= 15 is 0 Å². The third kappa shape index (κ3) is 3.74. The van der Waals surface area contributed by atoms with Gasteiger partial charge in [0.15, 0.2) is 0 Å². The summed E-state index contributed by atoms with van der Waals surface area (Å²) in [6, 6.07) is 5.26. The minimum Gasteiger partial charge on any atom is -0.456 e. The van der Waals surface area contributed by atoms with Gasteiger partial charge in [-0.3, -0.25) is 23.5 Å². The van der Waals surface area contributed by atoms with Gasteiger partial charge in [0.1, 0.15) is 17.1 Å². The highest BCUT2D eigenvalue weighted by Gasteiger charge is 2.60. The molecule has 1 amide bonds. The average molecular weight is 531 g/mol. The molecule has 2 aliphatic rings. The van der Waals surface area contributed by atoms with Gasteiger partial charge in [-0.1, -0.05) is 6.92 Å². The van der Waals surface area contributed by atoms with Crippen molar-refractivity contribution in [2.45, 2.75) is 37.8 Å². The van der Waals surface area contributed by atoms with Crippen molar-refractivity contribution in [3.8, 4) is 0 Å². The highest BCUT2D eigenvalue weighted by atomic mass is 32.2. The maximum Gasteiger partial charge on any atom is 0.355 e. The minimum atomic E-state index is -1.32. The van der Waals surface area contributed by atoms with Crippen molar-refractivity contribution >= 4 is 50.1 Å². The Morgan fingerprint density at radius 2 is 2.06 bits per heavy atom. The summed E-state index contributed by atoms with van der Waals surface area (Å²) in [5, 5.41) is 21.5. The van der Waals surface area contributed by atoms with Crippen molar-refractivity contribution in [1.82, 2.24) is 14.3 Å². The van der Waals surface area contributed by atoms with Gasteiger partial charge in [-0.05, 0) is 24.6 Å². The van der Waals surface area contributed by atoms with Crippen LogP contribution in [0.1, 0.15) is 24.3 Å². The number of esters is 1. The van der Waals surface area contributed by atoms with E-state index in [1.807, 2.05) is 6.92 Å². The number of rotatable bonds is 7. The zero-order chi connectivity index (χ0) is 25.9. The molecule has 0 spiro atoms. The van der Waals surface area contributed by atoms with Gasteiger partial charge < -0.3 is 14.7 Å². The number of non-ortho nitro benzene ring substituents is 1. The number of nitro benzene ring substituents is 1. The van der Waals surface area contributed by atoms with Crippen LogP contribution in [0.25, 0.3) is 10.4 Å². The minimum absolute atomic E-state index is 0.0751. The molecule has 1 fully saturated rings. The highest BCUT2D eigenvalue weighted by molar-refractivity contribution is 7.84. The fraction of sp³-hybridized carbons (Fsp3) is 0.348. The number of imidazole rings is 1. The molecule has 2 aliphatic heterocycles. The Balaban J connectivity index is 1.51. The largest absolute Gasteiger partial charge is 0.456 e. The quantitative estimate of drug-likeness (QED) is 0.212. The Kier molecular flexibility index (Phi) is 6.01. The zero-order valence-corrected chi connectivity index (χ0v) is 21.1. The molecule has 1 saturated heterocycles. The first-order chi connectivity index (χ1) is 17.1. The van der Waals surface area contributed by atoms with Crippen LogP contribution in [0.4, 0.5) is 5.69 Å². The lowest BCUT2D eigenvalue weighted by Gasteiger charge is -2.46. The molecule has 0 saturated carbocycles. The Morgan fingerprint density at radius 1 is 1.36 bits per heavy atom. The Hall–Kier alpha value is -3.42. The van der Waals surface area contributed by atoms with Crippen molar-refractivity contribution in [2.24, 2.45) is 11.8 Å². The number of aliphatic hydroxyl groups is 1. The van der Waals surface area contributed by atoms with Crippen molar-refractivity contribution < 1.29 is 28.6 Å². The summed E-state index contributed by atoms with van der Waals surface area (Å²) in [6.45, 7) is 3.32. The lowest BCUT2D eigenvalue weighted by atomic mass is 9.77. The Bertz CT molecular complexity index is 1460. The molecule has 5 rings (SSSR count). The number of amides is 1. The molecule has 0 bridgehead atoms. The summed E-state index contributed by atoms with van der Waals surface area (Å²) >= 11 is 1.36. The Morgan fingerprint density at radius 3 is 2.67 bits per heavy atom. The molecule has 5 atom stereocenters. The maximum absolute atomic E-state index is 13.4. The van der Waals surface area contributed by atoms with Gasteiger partial charge in [0.2, 0.25) is 11.1 Å². The van der Waals surface area contributed by atoms with Crippen LogP contribution in [-0.2, 0) is 31.7 Å². The van der Waals surface area contributed by atoms with Gasteiger partial charge in [0.05, 0.1) is 44.9 Å². The number of hydrogen-bond donors (Lipinski definition) is 1. The van der Waals surface area contributed by atoms with Gasteiger partial charge in [-0.15, -0.1) is 11.3 Å². The van der Waals surface area contributed by atoms with Gasteiger partial charge in [-0.25, -0.2) is 9.78 Å². The highest BCUT2D eigenvalue weighted by Crippen LogP contribution is 2.51. The molecule has 13 heteroatoms. The van der Waals surface area contributed by atoms with Crippen LogP contribution in [0.5, 0.6) is 0 Å². The standard InChI is InChI=1S/C23H22N4O7S2/c1-11-17(15-9-25-16(35-15)8-24-23(25)36(3)33)20(26-19(11)18(12(2)28)21(26)29)22(30)34-10-13-4-6-14(7-5-13)27(31)32/h4-9,11-12,18-19,28H,10H2,1-3H3/t11-,12+,18+,19+,36?/m0/s1. The van der Waals surface area contributed by atoms with E-state index in [1.165, 1.54) is 46.8 Å². The molecule has 11 nitrogen and oxygen atoms in total. The van der Waals surface area contributed by atoms with E-state index in [2.05, 4.69) is 4.98 Å². The number of nitrogens with zero attached hydrogens (tertiary/aromatic N) is 4. The average Bonchev–Trinajstić information content (AvgIpc) is 3.47. The smallest absolute Gasteiger partial charge is 0.355 e. The summed E-state index contributed by atoms with van der Waals surface area (Å²) in [5.41, 5.74) is 1.22. The lowest BCUT2D eigenvalue weighted by Crippen LogP contribution is -2.63. The molecule has 1 N–H and O–H groups in total. The van der Waals surface area contributed by atoms with E-state index < -0.39 is 39.8 Å². The van der Waals surface area contributed by atoms with Gasteiger partial charge in [-0.2, -0.15) is 0 Å². The maximum atomic E-state index is 13.4. The number of aromatic nitrogens is 2. The second-order valence-electron chi connectivity index (χ2n) is 8.81. The number of carbonyl (C=O) groups is 2. The van der Waals surface area contributed by atoms with E-state index in [0.717, 1.165) is 4.83 Å². The topological polar surface area (TPSA) is 144 Å². The SMILES string of the molecule is C[C@@H](O)[C@H]1C(=O)N2C(C(=O)OCc3ccc([N+](=O)[O-])cc3)=C(c3cn4c(S(C)=O)ncc4s3)[C@H](C)[C@H]12. The summed E-state index contributed by atoms with van der Waals surface area (Å²) in [7, 11) is -1.32. The van der Waals surface area contributed by atoms with Crippen LogP contribution in [0.2, 0.25) is 0 Å². The summed E-state index contributed by atoms with van der Waals surface area (Å²) < 4.78 is 19.3. The van der Waals surface area contributed by atoms with Gasteiger partial charge >= 0.3 is 5.97 Å². The van der Waals surface area contributed by atoms with Crippen LogP contribution < -0.4 is 0 Å². The van der Waals surface area contributed by atoms with Crippen molar-refractivity contribution in [1.29, 1.82) is 0 Å². The first kappa shape index (κ1) is 24.3. The van der Waals surface area contributed by atoms with Crippen LogP contribution in [0, 0.1) is 22.0 Å². The van der Waals surface area contributed by atoms with Crippen molar-refractivity contribution in [3.05, 3.63) is 62.9 Å². The predicted octanol–water partition coefficient (Wildman–Crippen LogP) is 2.35. The third-order valence-electron chi connectivity index (χ3n) is 6.59. The van der Waals surface area contributed by atoms with E-state index in [0.29, 0.717) is 21.2 Å². The van der Waals surface area contributed by atoms with Crippen molar-refractivity contribution in [3.63, 3.8) is 0 Å². The summed E-state index contributed by atoms with van der Waals surface area (Å²) in [6.07, 6.45) is 4.02. The lowest BCUT2D eigenvalue weighted by molar-refractivity contribution is -0.384. The number of β-lactam (4-membered cyclic amide) rings is 1. The molecular formula is C23H22N4O7S2. The molecule has 4 heterocycles. The predicted molar refractivity (Wildman–Crippen MR) is 130 cm³/mol. The molecule has 1 aromatic carbocycles. The monoisotopic (exact) mass is 530 g/mol. The van der Waals surface area contributed by atoms with E-state index in [-0.39, 0.29) is 29.8 Å². The normalized spacial score (nSPS) is 22.9. The first-order valence-electron chi connectivity index (χ1n) is 11.1. The first-order valence-corrected chi connectivity index (χ1v) is 13.4. The molecule has 1 unspecified atom stereocenters. The van der Waals surface area contributed by atoms with Crippen LogP contribution in [-0.4, -0.2) is 58.8 Å². The number of thiazole rings is 1. The van der Waals surface area contributed by atoms with Crippen LogP contribution >= 0.6 is 11.3 Å². The summed E-state index contributed by atoms with van der Waals surface area (Å²) in [5.74, 6) is -1.96. The number of nitro groups is 1. The number of benzene rings is 1. The fourth-order valence-corrected chi connectivity index (χ4v) is 6.74. The molecule has 0 aliphatic carbocycles. The molecular weight excluding hydrogens is 508 g/mol. The number of hydrogen-bond acceptors (Lipinski definition) is 9. The van der Waals surface area contributed by atoms with Crippen LogP contribution in [0.3, 0.4) is 0 Å². The molecule has 0 radical (unpaired) electrons. The van der Waals surface area contributed by atoms with Crippen molar-refractivity contribution in [2.75, 3.05) is 6.26 Å². The number of aliphatic hydroxyl groups excluding tert-OH is 1. The van der Waals surface area contributed by atoms with E-state index in [1.54, 1.807) is 23.7 Å². The van der Waals surface area contributed by atoms with Crippen LogP contribution in [0.15, 0.2) is 47.5 Å². The van der Waals surface area contributed by atoms with Gasteiger partial charge in [0.25, 0.3) is 5.69 Å². The summed E-state index contributed by atoms with van der Waals surface area (Å²) in [4.78, 5) is 43.7. The molecule has 2 aromatic heterocycles. The fourth-order valence-electron chi connectivity index (χ4n) is 4.93. The van der Waals surface area contributed by atoms with Gasteiger partial charge in [0, 0.05) is 36.1 Å². The zero-order valence-electron chi connectivity index (χ0n) is 19.5. The number of fused-ring (bicyclic) bond motifs is 2. The molecule has 188 valence electrons. The number of ether oxygens (including phenoxy) is 1. The molecule has 3 aromatic rings.